The van der Waals surface area contributed by atoms with E-state index in [0.29, 0.717) is 0 Å². The van der Waals surface area contributed by atoms with Crippen molar-refractivity contribution in [3.8, 4) is 0 Å². The molecule has 2 aromatic rings. The number of rotatable bonds is 8. The van der Waals surface area contributed by atoms with Crippen LogP contribution in [0.1, 0.15) is 6.23 Å². The van der Waals surface area contributed by atoms with Gasteiger partial charge in [0.15, 0.2) is 29.2 Å². The quantitative estimate of drug-likeness (QED) is 0.160. The average Bonchev–Trinajstić information content (AvgIpc) is 2.92. The van der Waals surface area contributed by atoms with Gasteiger partial charge >= 0.3 is 23.5 Å². The van der Waals surface area contributed by atoms with Crippen molar-refractivity contribution in [2.45, 2.75) is 29.7 Å². The fraction of sp³-hybridized carbons (Fsp3) is 0.545. The first-order valence-electron chi connectivity index (χ1n) is 8.75. The fourth-order valence-corrected chi connectivity index (χ4v) is 7.01. The van der Waals surface area contributed by atoms with E-state index in [0.717, 1.165) is 10.9 Å². The van der Waals surface area contributed by atoms with Gasteiger partial charge in [-0.2, -0.15) is 13.6 Å². The second-order valence-corrected chi connectivity index (χ2v) is 11.6. The summed E-state index contributed by atoms with van der Waals surface area (Å²) in [4.78, 5) is 57.7. The van der Waals surface area contributed by atoms with Crippen LogP contribution in [-0.4, -0.2) is 74.2 Å². The highest BCUT2D eigenvalue weighted by atomic mass is 31.3. The molecule has 2 aromatic heterocycles. The van der Waals surface area contributed by atoms with Crippen LogP contribution in [0.3, 0.4) is 0 Å². The maximum atomic E-state index is 15.4. The first-order chi connectivity index (χ1) is 15.5. The van der Waals surface area contributed by atoms with Crippen molar-refractivity contribution in [1.29, 1.82) is 0 Å². The number of nitrogens with one attached hydrogen (secondary N) is 1. The van der Waals surface area contributed by atoms with Gasteiger partial charge in [0.05, 0.1) is 6.33 Å². The fourth-order valence-electron chi connectivity index (χ4n) is 3.75. The third-order valence-corrected chi connectivity index (χ3v) is 8.91. The van der Waals surface area contributed by atoms with Crippen molar-refractivity contribution in [1.82, 2.24) is 19.5 Å². The normalized spacial score (nSPS) is 34.5. The number of hydrogen-bond acceptors (Lipinski definition) is 13. The summed E-state index contributed by atoms with van der Waals surface area (Å²) in [5.41, 5.74) is 4.89. The Labute approximate surface area is 185 Å². The summed E-state index contributed by atoms with van der Waals surface area (Å²) < 4.78 is 67.7. The number of H-pyrrole nitrogens is 1. The van der Waals surface area contributed by atoms with Gasteiger partial charge in [0.2, 0.25) is 5.95 Å². The van der Waals surface area contributed by atoms with Crippen LogP contribution in [0, 0.1) is 0 Å². The zero-order valence-corrected chi connectivity index (χ0v) is 18.9. The highest BCUT2D eigenvalue weighted by Crippen LogP contribution is 2.72. The summed E-state index contributed by atoms with van der Waals surface area (Å²) in [5, 5.41) is 10.8. The Kier molecular flexibility index (Phi) is 5.75. The molecule has 1 saturated carbocycles. The van der Waals surface area contributed by atoms with E-state index in [1.54, 1.807) is 0 Å². The Morgan fingerprint density at radius 3 is 2.44 bits per heavy atom. The Balaban J connectivity index is 1.59. The lowest BCUT2D eigenvalue weighted by atomic mass is 10.1. The predicted octanol–water partition coefficient (Wildman–Crippen LogP) is -2.28. The minimum Gasteiger partial charge on any atom is -0.381 e. The molecule has 190 valence electrons. The summed E-state index contributed by atoms with van der Waals surface area (Å²) in [7, 11) is -17.3. The van der Waals surface area contributed by atoms with Crippen LogP contribution < -0.4 is 17.0 Å². The lowest BCUT2D eigenvalue weighted by Gasteiger charge is -2.24. The third-order valence-electron chi connectivity index (χ3n) is 5.10. The van der Waals surface area contributed by atoms with E-state index in [4.69, 9.17) is 26.0 Å². The number of nitrogens with zero attached hydrogens (tertiary/aromatic N) is 3. The number of alkyl halides is 1. The van der Waals surface area contributed by atoms with Gasteiger partial charge in [-0.25, -0.2) is 23.1 Å². The van der Waals surface area contributed by atoms with Crippen molar-refractivity contribution in [3.63, 3.8) is 0 Å². The molecule has 2 aliphatic rings. The van der Waals surface area contributed by atoms with E-state index in [2.05, 4.69) is 28.1 Å². The molecule has 0 bridgehead atoms. The summed E-state index contributed by atoms with van der Waals surface area (Å²) in [5.74, 6) is -0.337. The molecule has 1 saturated heterocycles. The second-order valence-electron chi connectivity index (χ2n) is 7.18. The van der Waals surface area contributed by atoms with Crippen LogP contribution in [0.15, 0.2) is 11.1 Å². The van der Waals surface area contributed by atoms with Crippen molar-refractivity contribution in [2.75, 3.05) is 12.3 Å². The third kappa shape index (κ3) is 3.96. The molecule has 1 aliphatic carbocycles. The second kappa shape index (κ2) is 7.68. The van der Waals surface area contributed by atoms with Crippen molar-refractivity contribution in [3.05, 3.63) is 16.7 Å². The van der Waals surface area contributed by atoms with Crippen LogP contribution in [0.4, 0.5) is 10.3 Å². The number of aromatic amines is 1. The Morgan fingerprint density at radius 1 is 1.24 bits per heavy atom. The molecular formula is C11H16FN6O13P3. The van der Waals surface area contributed by atoms with Crippen LogP contribution in [0.25, 0.3) is 11.2 Å². The molecule has 23 heteroatoms. The molecule has 34 heavy (non-hydrogen) atoms. The van der Waals surface area contributed by atoms with Crippen LogP contribution in [0.5, 0.6) is 0 Å². The van der Waals surface area contributed by atoms with E-state index in [1.807, 2.05) is 0 Å². The summed E-state index contributed by atoms with van der Waals surface area (Å²) in [6, 6.07) is 0. The number of ether oxygens (including phenoxy) is 1. The monoisotopic (exact) mass is 552 g/mol. The van der Waals surface area contributed by atoms with Gasteiger partial charge in [-0.05, 0) is 0 Å². The molecule has 0 radical (unpaired) electrons. The molecule has 2 fully saturated rings. The lowest BCUT2D eigenvalue weighted by Crippen LogP contribution is -2.34. The standard InChI is InChI=1S/C11H16FN6O13P3/c12-4-7(18-2-15-3-5(18)16-9(14)17-6(3)19)28-10(1-13)8(11(4,10)20)29-33(24,25)31-34(26,27)30-32(21,22)23/h2,4,7-8,20H,1,13H2,(H,24,25)(H,26,27)(H2,21,22,23)(H3,14,16,17,19)/t4-,7+,8?,10+,11+/m0/s1. The number of phosphoric ester groups is 1. The summed E-state index contributed by atoms with van der Waals surface area (Å²) in [6.45, 7) is -0.719. The number of aliphatic hydroxyl groups is 1. The van der Waals surface area contributed by atoms with E-state index in [9.17, 15) is 33.4 Å². The van der Waals surface area contributed by atoms with E-state index >= 15 is 4.39 Å². The SMILES string of the molecule is NC[C@]12O[C@@H](n3cnc4c(=O)[nH]c(N)nc43)[C@H](F)[C@@]1(O)C2OP(=O)(O)OP(=O)(O)OP(=O)(O)O. The summed E-state index contributed by atoms with van der Waals surface area (Å²) in [6.07, 6.45) is -5.29. The molecule has 3 heterocycles. The molecule has 4 rings (SSSR count). The number of aromatic nitrogens is 4. The molecule has 7 atom stereocenters. The van der Waals surface area contributed by atoms with Gasteiger partial charge in [-0.1, -0.05) is 0 Å². The predicted molar refractivity (Wildman–Crippen MR) is 103 cm³/mol. The number of hydrogen-bond donors (Lipinski definition) is 8. The molecule has 0 amide bonds. The number of phosphoric acid groups is 3. The lowest BCUT2D eigenvalue weighted by molar-refractivity contribution is -0.0851. The van der Waals surface area contributed by atoms with Gasteiger partial charge in [-0.3, -0.25) is 18.9 Å². The number of nitrogen functional groups attached to an aromatic ring is 1. The van der Waals surface area contributed by atoms with E-state index in [-0.39, 0.29) is 17.1 Å². The van der Waals surface area contributed by atoms with Crippen LogP contribution in [-0.2, 0) is 31.6 Å². The van der Waals surface area contributed by atoms with Crippen LogP contribution in [0.2, 0.25) is 0 Å². The number of nitrogens with two attached hydrogens (primary N) is 2. The minimum absolute atomic E-state index is 0.226. The van der Waals surface area contributed by atoms with Crippen molar-refractivity contribution >= 4 is 40.6 Å². The highest BCUT2D eigenvalue weighted by molar-refractivity contribution is 7.66. The molecule has 19 nitrogen and oxygen atoms in total. The topological polar surface area (TPSA) is 305 Å². The molecule has 3 unspecified atom stereocenters. The molecule has 10 N–H and O–H groups in total. The first-order valence-corrected chi connectivity index (χ1v) is 13.3. The van der Waals surface area contributed by atoms with Gasteiger partial charge < -0.3 is 40.9 Å². The maximum absolute atomic E-state index is 15.4. The number of halogens is 1. The molecule has 1 aliphatic heterocycles. The van der Waals surface area contributed by atoms with Gasteiger partial charge in [0, 0.05) is 6.54 Å². The Hall–Kier alpha value is -1.63. The van der Waals surface area contributed by atoms with Crippen molar-refractivity contribution in [2.24, 2.45) is 5.73 Å². The zero-order chi connectivity index (χ0) is 25.5. The van der Waals surface area contributed by atoms with Gasteiger partial charge in [-0.15, -0.1) is 0 Å². The number of anilines is 1. The maximum Gasteiger partial charge on any atom is 0.490 e. The number of fused-ring (bicyclic) bond motifs is 2. The van der Waals surface area contributed by atoms with E-state index in [1.165, 1.54) is 0 Å². The zero-order valence-electron chi connectivity index (χ0n) is 16.2. The van der Waals surface area contributed by atoms with Gasteiger partial charge in [0.1, 0.15) is 11.7 Å². The Morgan fingerprint density at radius 2 is 1.88 bits per heavy atom. The van der Waals surface area contributed by atoms with Gasteiger partial charge in [0.25, 0.3) is 5.56 Å². The Bertz CT molecular complexity index is 1360. The molecular weight excluding hydrogens is 536 g/mol. The van der Waals surface area contributed by atoms with Crippen LogP contribution >= 0.6 is 23.5 Å². The first kappa shape index (κ1) is 25.5. The minimum atomic E-state index is -5.86. The summed E-state index contributed by atoms with van der Waals surface area (Å²) >= 11 is 0. The van der Waals surface area contributed by atoms with Crippen molar-refractivity contribution < 1.29 is 60.6 Å². The average molecular weight is 552 g/mol. The largest absolute Gasteiger partial charge is 0.490 e. The molecule has 0 aromatic carbocycles. The smallest absolute Gasteiger partial charge is 0.381 e. The number of imidazole rings is 1. The highest BCUT2D eigenvalue weighted by Gasteiger charge is 2.89. The molecule has 0 spiro atoms. The van der Waals surface area contributed by atoms with E-state index < -0.39 is 65.3 Å².